The highest BCUT2D eigenvalue weighted by atomic mass is 19.1. The van der Waals surface area contributed by atoms with Crippen LogP contribution in [0.3, 0.4) is 0 Å². The van der Waals surface area contributed by atoms with Crippen LogP contribution in [0.25, 0.3) is 10.8 Å². The number of benzene rings is 3. The van der Waals surface area contributed by atoms with E-state index in [9.17, 15) is 14.0 Å². The van der Waals surface area contributed by atoms with Gasteiger partial charge in [0.15, 0.2) is 0 Å². The van der Waals surface area contributed by atoms with Gasteiger partial charge in [-0.1, -0.05) is 60.7 Å². The minimum Gasteiger partial charge on any atom is -0.352 e. The molecular weight excluding hydrogens is 379 g/mol. The van der Waals surface area contributed by atoms with Crippen molar-refractivity contribution in [1.82, 2.24) is 10.2 Å². The summed E-state index contributed by atoms with van der Waals surface area (Å²) in [5.74, 6) is -0.672. The number of likely N-dealkylation sites (tertiary alicyclic amines) is 1. The maximum absolute atomic E-state index is 13.8. The second-order valence-corrected chi connectivity index (χ2v) is 7.80. The second-order valence-electron chi connectivity index (χ2n) is 7.80. The van der Waals surface area contributed by atoms with Crippen LogP contribution in [-0.2, 0) is 22.6 Å². The summed E-state index contributed by atoms with van der Waals surface area (Å²) in [5, 5.41) is 5.03. The lowest BCUT2D eigenvalue weighted by Crippen LogP contribution is -2.45. The number of nitrogens with one attached hydrogen (secondary N) is 1. The lowest BCUT2D eigenvalue weighted by Gasteiger charge is -2.32. The molecule has 154 valence electrons. The molecule has 2 amide bonds. The number of halogens is 1. The Morgan fingerprint density at radius 1 is 0.967 bits per heavy atom. The van der Waals surface area contributed by atoms with Crippen molar-refractivity contribution in [3.63, 3.8) is 0 Å². The fourth-order valence-corrected chi connectivity index (χ4v) is 4.11. The zero-order chi connectivity index (χ0) is 20.9. The molecule has 3 aromatic carbocycles. The molecule has 1 saturated heterocycles. The Morgan fingerprint density at radius 2 is 1.70 bits per heavy atom. The molecule has 0 radical (unpaired) electrons. The molecule has 4 nitrogen and oxygen atoms in total. The number of rotatable bonds is 5. The van der Waals surface area contributed by atoms with E-state index in [1.807, 2.05) is 42.5 Å². The average Bonchev–Trinajstić information content (AvgIpc) is 2.78. The number of amides is 2. The molecule has 4 rings (SSSR count). The summed E-state index contributed by atoms with van der Waals surface area (Å²) >= 11 is 0. The third kappa shape index (κ3) is 4.51. The summed E-state index contributed by atoms with van der Waals surface area (Å²) < 4.78 is 13.8. The number of nitrogens with zero attached hydrogens (tertiary/aromatic N) is 1. The van der Waals surface area contributed by atoms with Crippen LogP contribution in [-0.4, -0.2) is 29.8 Å². The summed E-state index contributed by atoms with van der Waals surface area (Å²) in [6.45, 7) is 1.24. The minimum atomic E-state index is -0.326. The molecule has 3 aromatic rings. The van der Waals surface area contributed by atoms with Crippen molar-refractivity contribution < 1.29 is 14.0 Å². The molecule has 1 heterocycles. The van der Waals surface area contributed by atoms with Gasteiger partial charge >= 0.3 is 0 Å². The Balaban J connectivity index is 1.37. The van der Waals surface area contributed by atoms with Gasteiger partial charge < -0.3 is 10.2 Å². The summed E-state index contributed by atoms with van der Waals surface area (Å²) in [6, 6.07) is 20.5. The average molecular weight is 404 g/mol. The van der Waals surface area contributed by atoms with E-state index in [1.54, 1.807) is 23.1 Å². The number of carbonyl (C=O) groups excluding carboxylic acids is 2. The Labute approximate surface area is 175 Å². The number of hydrogen-bond donors (Lipinski definition) is 1. The number of fused-ring (bicyclic) bond motifs is 1. The van der Waals surface area contributed by atoms with Gasteiger partial charge in [-0.15, -0.1) is 0 Å². The largest absolute Gasteiger partial charge is 0.352 e. The highest BCUT2D eigenvalue weighted by Crippen LogP contribution is 2.22. The van der Waals surface area contributed by atoms with E-state index >= 15 is 0 Å². The lowest BCUT2D eigenvalue weighted by atomic mass is 9.95. The summed E-state index contributed by atoms with van der Waals surface area (Å²) in [6.07, 6.45) is 1.85. The molecule has 5 heteroatoms. The standard InChI is InChI=1S/C25H25FN2O2/c26-23-13-4-2-8-20(23)16-27-25(30)21-11-6-14-28(17-21)24(29)15-19-10-5-9-18-7-1-3-12-22(18)19/h1-5,7-10,12-13,21H,6,11,14-17H2,(H,27,30)/t21-/m1/s1. The van der Waals surface area contributed by atoms with Gasteiger partial charge in [0.05, 0.1) is 12.3 Å². The van der Waals surface area contributed by atoms with Crippen LogP contribution in [0.4, 0.5) is 4.39 Å². The van der Waals surface area contributed by atoms with Gasteiger partial charge in [-0.2, -0.15) is 0 Å². The van der Waals surface area contributed by atoms with Crippen LogP contribution in [0.5, 0.6) is 0 Å². The first-order chi connectivity index (χ1) is 14.6. The minimum absolute atomic E-state index is 0.0398. The van der Waals surface area contributed by atoms with Crippen molar-refractivity contribution in [1.29, 1.82) is 0 Å². The fourth-order valence-electron chi connectivity index (χ4n) is 4.11. The van der Waals surface area contributed by atoms with Crippen molar-refractivity contribution in [3.05, 3.63) is 83.7 Å². The Hall–Kier alpha value is -3.21. The maximum Gasteiger partial charge on any atom is 0.227 e. The van der Waals surface area contributed by atoms with E-state index in [0.29, 0.717) is 25.1 Å². The normalized spacial score (nSPS) is 16.4. The van der Waals surface area contributed by atoms with Crippen LogP contribution in [0.2, 0.25) is 0 Å². The summed E-state index contributed by atoms with van der Waals surface area (Å²) in [7, 11) is 0. The van der Waals surface area contributed by atoms with Crippen LogP contribution < -0.4 is 5.32 Å². The Morgan fingerprint density at radius 3 is 2.57 bits per heavy atom. The molecule has 0 unspecified atom stereocenters. The van der Waals surface area contributed by atoms with Crippen molar-refractivity contribution in [2.45, 2.75) is 25.8 Å². The molecule has 1 aliphatic heterocycles. The van der Waals surface area contributed by atoms with Gasteiger partial charge in [0.25, 0.3) is 0 Å². The molecule has 1 atom stereocenters. The van der Waals surface area contributed by atoms with Crippen molar-refractivity contribution in [3.8, 4) is 0 Å². The van der Waals surface area contributed by atoms with E-state index in [-0.39, 0.29) is 30.1 Å². The number of piperidine rings is 1. The zero-order valence-corrected chi connectivity index (χ0v) is 16.8. The highest BCUT2D eigenvalue weighted by Gasteiger charge is 2.28. The third-order valence-corrected chi connectivity index (χ3v) is 5.78. The maximum atomic E-state index is 13.8. The quantitative estimate of drug-likeness (QED) is 0.697. The van der Waals surface area contributed by atoms with Gasteiger partial charge in [0, 0.05) is 25.2 Å². The van der Waals surface area contributed by atoms with Crippen LogP contribution in [0.1, 0.15) is 24.0 Å². The first kappa shape index (κ1) is 20.1. The SMILES string of the molecule is O=C(NCc1ccccc1F)[C@@H]1CCCN(C(=O)Cc2cccc3ccccc23)C1. The van der Waals surface area contributed by atoms with Crippen molar-refractivity contribution in [2.75, 3.05) is 13.1 Å². The number of hydrogen-bond acceptors (Lipinski definition) is 2. The predicted molar refractivity (Wildman–Crippen MR) is 115 cm³/mol. The monoisotopic (exact) mass is 404 g/mol. The lowest BCUT2D eigenvalue weighted by molar-refractivity contribution is -0.135. The molecule has 0 spiro atoms. The van der Waals surface area contributed by atoms with E-state index in [2.05, 4.69) is 5.32 Å². The van der Waals surface area contributed by atoms with Gasteiger partial charge in [-0.3, -0.25) is 9.59 Å². The molecule has 0 saturated carbocycles. The second kappa shape index (κ2) is 9.08. The molecular formula is C25H25FN2O2. The van der Waals surface area contributed by atoms with Crippen molar-refractivity contribution in [2.24, 2.45) is 5.92 Å². The van der Waals surface area contributed by atoms with Gasteiger partial charge in [0.2, 0.25) is 11.8 Å². The van der Waals surface area contributed by atoms with E-state index in [0.717, 1.165) is 29.2 Å². The molecule has 0 bridgehead atoms. The predicted octanol–water partition coefficient (Wildman–Crippen LogP) is 4.08. The smallest absolute Gasteiger partial charge is 0.227 e. The number of carbonyl (C=O) groups is 2. The molecule has 1 N–H and O–H groups in total. The Kier molecular flexibility index (Phi) is 6.07. The van der Waals surface area contributed by atoms with Gasteiger partial charge in [-0.25, -0.2) is 4.39 Å². The molecule has 1 aliphatic rings. The van der Waals surface area contributed by atoms with Crippen LogP contribution >= 0.6 is 0 Å². The van der Waals surface area contributed by atoms with Crippen LogP contribution in [0.15, 0.2) is 66.7 Å². The highest BCUT2D eigenvalue weighted by molar-refractivity contribution is 5.90. The molecule has 0 aromatic heterocycles. The molecule has 0 aliphatic carbocycles. The van der Waals surface area contributed by atoms with E-state index < -0.39 is 0 Å². The zero-order valence-electron chi connectivity index (χ0n) is 16.8. The molecule has 30 heavy (non-hydrogen) atoms. The van der Waals surface area contributed by atoms with E-state index in [4.69, 9.17) is 0 Å². The summed E-state index contributed by atoms with van der Waals surface area (Å²) in [5.41, 5.74) is 1.47. The summed E-state index contributed by atoms with van der Waals surface area (Å²) in [4.78, 5) is 27.4. The topological polar surface area (TPSA) is 49.4 Å². The fraction of sp³-hybridized carbons (Fsp3) is 0.280. The Bertz CT molecular complexity index is 1060. The van der Waals surface area contributed by atoms with Crippen molar-refractivity contribution >= 4 is 22.6 Å². The van der Waals surface area contributed by atoms with E-state index in [1.165, 1.54) is 6.07 Å². The van der Waals surface area contributed by atoms with Crippen LogP contribution in [0, 0.1) is 11.7 Å². The van der Waals surface area contributed by atoms with Gasteiger partial charge in [-0.05, 0) is 35.2 Å². The van der Waals surface area contributed by atoms with Gasteiger partial charge in [0.1, 0.15) is 5.82 Å². The first-order valence-corrected chi connectivity index (χ1v) is 10.4. The first-order valence-electron chi connectivity index (χ1n) is 10.4. The third-order valence-electron chi connectivity index (χ3n) is 5.78. The molecule has 1 fully saturated rings.